The Balaban J connectivity index is 2.17. The number of alkyl halides is 2. The normalized spacial score (nSPS) is 12.7. The highest BCUT2D eigenvalue weighted by Gasteiger charge is 2.13. The fraction of sp³-hybridized carbons (Fsp3) is 0.167. The predicted molar refractivity (Wildman–Crippen MR) is 71.1 cm³/mol. The van der Waals surface area contributed by atoms with E-state index in [9.17, 15) is 8.78 Å². The molecular weight excluding hydrogens is 324 g/mol. The predicted octanol–water partition coefficient (Wildman–Crippen LogP) is 4.16. The lowest BCUT2D eigenvalue weighted by Crippen LogP contribution is -2.11. The average Bonchev–Trinajstić information content (AvgIpc) is 2.75. The van der Waals surface area contributed by atoms with E-state index >= 15 is 0 Å². The van der Waals surface area contributed by atoms with Crippen molar-refractivity contribution in [2.45, 2.75) is 12.7 Å². The Hall–Kier alpha value is -0.980. The smallest absolute Gasteiger partial charge is 0.387 e. The first-order chi connectivity index (χ1) is 8.58. The van der Waals surface area contributed by atoms with E-state index in [4.69, 9.17) is 5.73 Å². The van der Waals surface area contributed by atoms with Gasteiger partial charge in [0.1, 0.15) is 5.75 Å². The van der Waals surface area contributed by atoms with Gasteiger partial charge in [0.15, 0.2) is 0 Å². The van der Waals surface area contributed by atoms with Crippen LogP contribution in [0.5, 0.6) is 5.75 Å². The van der Waals surface area contributed by atoms with Gasteiger partial charge in [-0.05, 0) is 44.6 Å². The summed E-state index contributed by atoms with van der Waals surface area (Å²) in [4.78, 5) is 0. The van der Waals surface area contributed by atoms with Crippen LogP contribution in [0.25, 0.3) is 0 Å². The maximum atomic E-state index is 12.0. The molecule has 0 saturated heterocycles. The molecule has 2 aromatic rings. The van der Waals surface area contributed by atoms with E-state index in [1.807, 2.05) is 10.8 Å². The number of halogens is 3. The van der Waals surface area contributed by atoms with Gasteiger partial charge in [0.05, 0.1) is 6.04 Å². The summed E-state index contributed by atoms with van der Waals surface area (Å²) in [6, 6.07) is 6.06. The van der Waals surface area contributed by atoms with Gasteiger partial charge in [0.25, 0.3) is 0 Å². The molecule has 0 aliphatic rings. The molecule has 0 radical (unpaired) electrons. The molecule has 1 aromatic carbocycles. The van der Waals surface area contributed by atoms with Crippen LogP contribution in [0.2, 0.25) is 0 Å². The second-order valence-corrected chi connectivity index (χ2v) is 5.20. The Morgan fingerprint density at radius 2 is 1.83 bits per heavy atom. The van der Waals surface area contributed by atoms with Crippen LogP contribution in [0.3, 0.4) is 0 Å². The molecule has 0 fully saturated rings. The highest BCUT2D eigenvalue weighted by atomic mass is 79.9. The van der Waals surface area contributed by atoms with Crippen LogP contribution in [-0.2, 0) is 0 Å². The quantitative estimate of drug-likeness (QED) is 0.911. The van der Waals surface area contributed by atoms with Crippen molar-refractivity contribution in [2.24, 2.45) is 5.73 Å². The van der Waals surface area contributed by atoms with Gasteiger partial charge in [-0.1, -0.05) is 12.1 Å². The fourth-order valence-corrected chi connectivity index (χ4v) is 3.13. The van der Waals surface area contributed by atoms with Crippen molar-refractivity contribution in [3.63, 3.8) is 0 Å². The Labute approximate surface area is 116 Å². The van der Waals surface area contributed by atoms with Crippen molar-refractivity contribution < 1.29 is 13.5 Å². The molecule has 2 rings (SSSR count). The second kappa shape index (κ2) is 5.77. The first-order valence-electron chi connectivity index (χ1n) is 5.10. The van der Waals surface area contributed by atoms with Crippen molar-refractivity contribution in [1.29, 1.82) is 0 Å². The molecule has 0 aliphatic heterocycles. The fourth-order valence-electron chi connectivity index (χ4n) is 1.55. The van der Waals surface area contributed by atoms with Crippen LogP contribution in [-0.4, -0.2) is 6.61 Å². The molecule has 0 amide bonds. The lowest BCUT2D eigenvalue weighted by Gasteiger charge is -2.12. The molecule has 2 N–H and O–H groups in total. The number of benzene rings is 1. The van der Waals surface area contributed by atoms with E-state index in [2.05, 4.69) is 20.7 Å². The van der Waals surface area contributed by atoms with Gasteiger partial charge < -0.3 is 10.5 Å². The first-order valence-corrected chi connectivity index (χ1v) is 6.83. The highest BCUT2D eigenvalue weighted by Crippen LogP contribution is 2.30. The summed E-state index contributed by atoms with van der Waals surface area (Å²) in [5.41, 5.74) is 7.92. The monoisotopic (exact) mass is 333 g/mol. The molecule has 1 atom stereocenters. The molecule has 18 heavy (non-hydrogen) atoms. The minimum absolute atomic E-state index is 0.130. The average molecular weight is 334 g/mol. The topological polar surface area (TPSA) is 35.2 Å². The summed E-state index contributed by atoms with van der Waals surface area (Å²) in [5, 5.41) is 3.90. The molecular formula is C12H10BrF2NOS. The SMILES string of the molecule is NC(c1ccc(OC(F)F)cc1)c1cscc1Br. The number of thiophene rings is 1. The van der Waals surface area contributed by atoms with Crippen molar-refractivity contribution in [3.8, 4) is 5.75 Å². The molecule has 1 heterocycles. The number of hydrogen-bond donors (Lipinski definition) is 1. The Morgan fingerprint density at radius 1 is 1.17 bits per heavy atom. The summed E-state index contributed by atoms with van der Waals surface area (Å²) >= 11 is 4.97. The molecule has 1 aromatic heterocycles. The summed E-state index contributed by atoms with van der Waals surface area (Å²) in [6.07, 6.45) is 0. The molecule has 0 aliphatic carbocycles. The van der Waals surface area contributed by atoms with Crippen LogP contribution in [0.4, 0.5) is 8.78 Å². The zero-order valence-corrected chi connectivity index (χ0v) is 11.5. The lowest BCUT2D eigenvalue weighted by molar-refractivity contribution is -0.0498. The van der Waals surface area contributed by atoms with Gasteiger partial charge >= 0.3 is 6.61 Å². The summed E-state index contributed by atoms with van der Waals surface area (Å²) in [6.45, 7) is -2.81. The van der Waals surface area contributed by atoms with Crippen molar-refractivity contribution in [2.75, 3.05) is 0 Å². The summed E-state index contributed by atoms with van der Waals surface area (Å²) in [5.74, 6) is 0.130. The minimum atomic E-state index is -2.81. The third-order valence-electron chi connectivity index (χ3n) is 2.44. The Kier molecular flexibility index (Phi) is 4.31. The molecule has 96 valence electrons. The van der Waals surface area contributed by atoms with Crippen molar-refractivity contribution >= 4 is 27.3 Å². The van der Waals surface area contributed by atoms with Gasteiger partial charge in [-0.15, -0.1) is 0 Å². The summed E-state index contributed by atoms with van der Waals surface area (Å²) < 4.78 is 29.2. The standard InChI is InChI=1S/C12H10BrF2NOS/c13-10-6-18-5-9(10)11(16)7-1-3-8(4-2-7)17-12(14)15/h1-6,11-12H,16H2. The maximum Gasteiger partial charge on any atom is 0.387 e. The zero-order valence-electron chi connectivity index (χ0n) is 9.15. The van der Waals surface area contributed by atoms with Gasteiger partial charge in [-0.25, -0.2) is 0 Å². The van der Waals surface area contributed by atoms with Crippen LogP contribution in [0.15, 0.2) is 39.5 Å². The van der Waals surface area contributed by atoms with Gasteiger partial charge in [-0.2, -0.15) is 20.1 Å². The highest BCUT2D eigenvalue weighted by molar-refractivity contribution is 9.10. The molecule has 0 bridgehead atoms. The van der Waals surface area contributed by atoms with Crippen molar-refractivity contribution in [1.82, 2.24) is 0 Å². The van der Waals surface area contributed by atoms with E-state index in [1.165, 1.54) is 12.1 Å². The molecule has 2 nitrogen and oxygen atoms in total. The third-order valence-corrected chi connectivity index (χ3v) is 4.19. The lowest BCUT2D eigenvalue weighted by atomic mass is 10.0. The summed E-state index contributed by atoms with van der Waals surface area (Å²) in [7, 11) is 0. The number of hydrogen-bond acceptors (Lipinski definition) is 3. The Bertz CT molecular complexity index is 515. The van der Waals surface area contributed by atoms with Crippen molar-refractivity contribution in [3.05, 3.63) is 50.6 Å². The van der Waals surface area contributed by atoms with E-state index in [1.54, 1.807) is 23.5 Å². The molecule has 0 spiro atoms. The van der Waals surface area contributed by atoms with Gasteiger partial charge in [-0.3, -0.25) is 0 Å². The van der Waals surface area contributed by atoms with E-state index in [0.717, 1.165) is 15.6 Å². The van der Waals surface area contributed by atoms with Crippen LogP contribution < -0.4 is 10.5 Å². The Morgan fingerprint density at radius 3 is 2.33 bits per heavy atom. The second-order valence-electron chi connectivity index (χ2n) is 3.60. The molecule has 1 unspecified atom stereocenters. The molecule has 6 heteroatoms. The van der Waals surface area contributed by atoms with Gasteiger partial charge in [0.2, 0.25) is 0 Å². The van der Waals surface area contributed by atoms with E-state index in [0.29, 0.717) is 0 Å². The van der Waals surface area contributed by atoms with E-state index < -0.39 is 6.61 Å². The van der Waals surface area contributed by atoms with E-state index in [-0.39, 0.29) is 11.8 Å². The van der Waals surface area contributed by atoms with Gasteiger partial charge in [0, 0.05) is 9.85 Å². The van der Waals surface area contributed by atoms with Crippen LogP contribution >= 0.6 is 27.3 Å². The largest absolute Gasteiger partial charge is 0.435 e. The van der Waals surface area contributed by atoms with Crippen LogP contribution in [0.1, 0.15) is 17.2 Å². The number of ether oxygens (including phenoxy) is 1. The number of rotatable bonds is 4. The maximum absolute atomic E-state index is 12.0. The van der Waals surface area contributed by atoms with Crippen LogP contribution in [0, 0.1) is 0 Å². The minimum Gasteiger partial charge on any atom is -0.435 e. The first kappa shape index (κ1) is 13.5. The molecule has 0 saturated carbocycles. The number of nitrogens with two attached hydrogens (primary N) is 1. The third kappa shape index (κ3) is 3.07. The zero-order chi connectivity index (χ0) is 13.1.